The van der Waals surface area contributed by atoms with Gasteiger partial charge in [0.1, 0.15) is 6.04 Å². The van der Waals surface area contributed by atoms with Crippen molar-refractivity contribution >= 4 is 23.6 Å². The molecule has 0 aliphatic heterocycles. The van der Waals surface area contributed by atoms with Crippen LogP contribution < -0.4 is 10.6 Å². The molecule has 23 heavy (non-hydrogen) atoms. The first-order valence-corrected chi connectivity index (χ1v) is 9.71. The molecule has 0 aromatic heterocycles. The zero-order chi connectivity index (χ0) is 16.7. The Morgan fingerprint density at radius 2 is 2.13 bits per heavy atom. The summed E-state index contributed by atoms with van der Waals surface area (Å²) in [4.78, 5) is 24.3. The Balaban J connectivity index is 2.04. The molecule has 2 amide bonds. The van der Waals surface area contributed by atoms with Crippen molar-refractivity contribution < 1.29 is 9.59 Å². The second-order valence-corrected chi connectivity index (χ2v) is 6.89. The molecule has 4 nitrogen and oxygen atoms in total. The quantitative estimate of drug-likeness (QED) is 0.806. The van der Waals surface area contributed by atoms with E-state index in [4.69, 9.17) is 0 Å². The van der Waals surface area contributed by atoms with Crippen LogP contribution in [-0.2, 0) is 16.0 Å². The van der Waals surface area contributed by atoms with E-state index in [0.29, 0.717) is 12.8 Å². The maximum atomic E-state index is 12.6. The molecular weight excluding hydrogens is 308 g/mol. The van der Waals surface area contributed by atoms with Gasteiger partial charge in [0.05, 0.1) is 6.04 Å². The molecule has 2 atom stereocenters. The van der Waals surface area contributed by atoms with Gasteiger partial charge in [-0.25, -0.2) is 0 Å². The molecule has 1 aliphatic rings. The van der Waals surface area contributed by atoms with Crippen molar-refractivity contribution in [1.82, 2.24) is 10.6 Å². The lowest BCUT2D eigenvalue weighted by molar-refractivity contribution is -0.129. The molecule has 1 aromatic rings. The number of carbonyl (C=O) groups excluding carboxylic acids is 2. The first-order chi connectivity index (χ1) is 11.2. The van der Waals surface area contributed by atoms with Gasteiger partial charge in [0.2, 0.25) is 11.8 Å². The molecular formula is C18H26N2O2S. The lowest BCUT2D eigenvalue weighted by Crippen LogP contribution is -2.48. The summed E-state index contributed by atoms with van der Waals surface area (Å²) < 4.78 is 0. The van der Waals surface area contributed by atoms with E-state index in [1.807, 2.05) is 18.4 Å². The molecule has 2 N–H and O–H groups in total. The molecule has 2 rings (SSSR count). The van der Waals surface area contributed by atoms with Crippen LogP contribution in [0.25, 0.3) is 0 Å². The molecule has 0 bridgehead atoms. The van der Waals surface area contributed by atoms with Crippen LogP contribution in [0.2, 0.25) is 0 Å². The third-order valence-electron chi connectivity index (χ3n) is 4.27. The number of carbonyl (C=O) groups is 2. The minimum absolute atomic E-state index is 0.0581. The van der Waals surface area contributed by atoms with Gasteiger partial charge >= 0.3 is 0 Å². The van der Waals surface area contributed by atoms with Gasteiger partial charge in [-0.2, -0.15) is 11.8 Å². The summed E-state index contributed by atoms with van der Waals surface area (Å²) >= 11 is 1.69. The number of rotatable bonds is 7. The van der Waals surface area contributed by atoms with E-state index in [9.17, 15) is 9.59 Å². The summed E-state index contributed by atoms with van der Waals surface area (Å²) in [7, 11) is 0. The number of hydrogen-bond donors (Lipinski definition) is 2. The molecule has 0 fully saturated rings. The van der Waals surface area contributed by atoms with Crippen LogP contribution in [0.3, 0.4) is 0 Å². The average molecular weight is 334 g/mol. The van der Waals surface area contributed by atoms with Crippen LogP contribution in [0.15, 0.2) is 24.3 Å². The zero-order valence-corrected chi connectivity index (χ0v) is 14.7. The van der Waals surface area contributed by atoms with Crippen molar-refractivity contribution in [2.24, 2.45) is 0 Å². The molecule has 0 unspecified atom stereocenters. The summed E-state index contributed by atoms with van der Waals surface area (Å²) in [5, 5.41) is 6.00. The number of amides is 2. The fourth-order valence-corrected chi connectivity index (χ4v) is 3.45. The Morgan fingerprint density at radius 1 is 1.35 bits per heavy atom. The molecule has 0 heterocycles. The predicted molar refractivity (Wildman–Crippen MR) is 95.5 cm³/mol. The SMILES string of the molecule is CCC(=O)N[C@H](CCSC)C(=O)N[C@@H]1CCCc2ccccc21. The number of nitrogens with one attached hydrogen (secondary N) is 2. The highest BCUT2D eigenvalue weighted by Crippen LogP contribution is 2.29. The van der Waals surface area contributed by atoms with Gasteiger partial charge in [-0.05, 0) is 48.8 Å². The van der Waals surface area contributed by atoms with E-state index in [1.165, 1.54) is 11.1 Å². The second kappa shape index (κ2) is 8.96. The van der Waals surface area contributed by atoms with Gasteiger partial charge in [0.15, 0.2) is 0 Å². The number of fused-ring (bicyclic) bond motifs is 1. The standard InChI is InChI=1S/C18H26N2O2S/c1-3-17(21)19-16(11-12-23-2)18(22)20-15-10-6-8-13-7-4-5-9-14(13)15/h4-5,7,9,15-16H,3,6,8,10-12H2,1-2H3,(H,19,21)(H,20,22)/t15-,16-/m1/s1. The molecule has 126 valence electrons. The number of benzene rings is 1. The van der Waals surface area contributed by atoms with Crippen molar-refractivity contribution in [1.29, 1.82) is 0 Å². The predicted octanol–water partition coefficient (Wildman–Crippen LogP) is 2.83. The van der Waals surface area contributed by atoms with Crippen molar-refractivity contribution in [3.63, 3.8) is 0 Å². The molecule has 0 spiro atoms. The Bertz CT molecular complexity index is 548. The van der Waals surface area contributed by atoms with Crippen molar-refractivity contribution in [3.8, 4) is 0 Å². The van der Waals surface area contributed by atoms with E-state index in [0.717, 1.165) is 25.0 Å². The van der Waals surface area contributed by atoms with E-state index < -0.39 is 6.04 Å². The molecule has 0 radical (unpaired) electrons. The molecule has 1 aromatic carbocycles. The minimum atomic E-state index is -0.441. The number of hydrogen-bond acceptors (Lipinski definition) is 3. The van der Waals surface area contributed by atoms with Crippen LogP contribution in [0.5, 0.6) is 0 Å². The third-order valence-corrected chi connectivity index (χ3v) is 4.91. The molecule has 1 aliphatic carbocycles. The average Bonchev–Trinajstić information content (AvgIpc) is 2.58. The van der Waals surface area contributed by atoms with Crippen LogP contribution in [0.4, 0.5) is 0 Å². The highest BCUT2D eigenvalue weighted by Gasteiger charge is 2.26. The summed E-state index contributed by atoms with van der Waals surface area (Å²) in [6, 6.07) is 7.92. The number of aryl methyl sites for hydroxylation is 1. The lowest BCUT2D eigenvalue weighted by Gasteiger charge is -2.28. The van der Waals surface area contributed by atoms with Gasteiger partial charge < -0.3 is 10.6 Å². The van der Waals surface area contributed by atoms with Crippen LogP contribution in [0, 0.1) is 0 Å². The molecule has 0 saturated carbocycles. The summed E-state index contributed by atoms with van der Waals surface area (Å²) in [6.07, 6.45) is 6.18. The Morgan fingerprint density at radius 3 is 2.87 bits per heavy atom. The molecule has 5 heteroatoms. The monoisotopic (exact) mass is 334 g/mol. The first kappa shape index (κ1) is 17.9. The van der Waals surface area contributed by atoms with Crippen LogP contribution in [0.1, 0.15) is 49.8 Å². The maximum Gasteiger partial charge on any atom is 0.243 e. The fraction of sp³-hybridized carbons (Fsp3) is 0.556. The van der Waals surface area contributed by atoms with Gasteiger partial charge in [0, 0.05) is 6.42 Å². The van der Waals surface area contributed by atoms with E-state index >= 15 is 0 Å². The van der Waals surface area contributed by atoms with Crippen molar-refractivity contribution in [2.45, 2.75) is 51.1 Å². The highest BCUT2D eigenvalue weighted by molar-refractivity contribution is 7.98. The Hall–Kier alpha value is -1.49. The molecule has 0 saturated heterocycles. The third kappa shape index (κ3) is 4.99. The number of thioether (sulfide) groups is 1. The van der Waals surface area contributed by atoms with Gasteiger partial charge in [-0.3, -0.25) is 9.59 Å². The second-order valence-electron chi connectivity index (χ2n) is 5.91. The van der Waals surface area contributed by atoms with E-state index in [2.05, 4.69) is 22.8 Å². The smallest absolute Gasteiger partial charge is 0.243 e. The van der Waals surface area contributed by atoms with Crippen LogP contribution in [-0.4, -0.2) is 29.9 Å². The lowest BCUT2D eigenvalue weighted by atomic mass is 9.87. The zero-order valence-electron chi connectivity index (χ0n) is 13.9. The summed E-state index contributed by atoms with van der Waals surface area (Å²) in [5.41, 5.74) is 2.54. The van der Waals surface area contributed by atoms with Gasteiger partial charge in [-0.1, -0.05) is 31.2 Å². The first-order valence-electron chi connectivity index (χ1n) is 8.32. The summed E-state index contributed by atoms with van der Waals surface area (Å²) in [5.74, 6) is 0.710. The fourth-order valence-electron chi connectivity index (χ4n) is 2.98. The largest absolute Gasteiger partial charge is 0.348 e. The van der Waals surface area contributed by atoms with Crippen molar-refractivity contribution in [2.75, 3.05) is 12.0 Å². The Labute approximate surface area is 142 Å². The topological polar surface area (TPSA) is 58.2 Å². The van der Waals surface area contributed by atoms with Gasteiger partial charge in [-0.15, -0.1) is 0 Å². The minimum Gasteiger partial charge on any atom is -0.348 e. The van der Waals surface area contributed by atoms with Gasteiger partial charge in [0.25, 0.3) is 0 Å². The van der Waals surface area contributed by atoms with E-state index in [-0.39, 0.29) is 17.9 Å². The Kier molecular flexibility index (Phi) is 6.96. The maximum absolute atomic E-state index is 12.6. The highest BCUT2D eigenvalue weighted by atomic mass is 32.2. The summed E-state index contributed by atoms with van der Waals surface area (Å²) in [6.45, 7) is 1.80. The van der Waals surface area contributed by atoms with Crippen LogP contribution >= 0.6 is 11.8 Å². The van der Waals surface area contributed by atoms with E-state index in [1.54, 1.807) is 18.7 Å². The normalized spacial score (nSPS) is 17.9. The van der Waals surface area contributed by atoms with Crippen molar-refractivity contribution in [3.05, 3.63) is 35.4 Å².